The van der Waals surface area contributed by atoms with E-state index in [0.29, 0.717) is 5.25 Å². The SMILES string of the molecule is CCC(N)Cc1cnc(N2CCSC(C)C2)c(C)c1. The predicted octanol–water partition coefficient (Wildman–Crippen LogP) is 2.61. The number of pyridine rings is 1. The van der Waals surface area contributed by atoms with E-state index in [1.54, 1.807) is 0 Å². The number of thioether (sulfide) groups is 1. The van der Waals surface area contributed by atoms with Gasteiger partial charge in [0, 0.05) is 36.3 Å². The lowest BCUT2D eigenvalue weighted by atomic mass is 10.0. The van der Waals surface area contributed by atoms with E-state index in [2.05, 4.69) is 48.5 Å². The van der Waals surface area contributed by atoms with Crippen molar-refractivity contribution in [3.8, 4) is 0 Å². The van der Waals surface area contributed by atoms with Crippen LogP contribution in [0.5, 0.6) is 0 Å². The molecule has 0 bridgehead atoms. The molecule has 0 aromatic carbocycles. The van der Waals surface area contributed by atoms with Crippen molar-refractivity contribution in [2.24, 2.45) is 5.73 Å². The number of hydrogen-bond acceptors (Lipinski definition) is 4. The lowest BCUT2D eigenvalue weighted by Gasteiger charge is -2.32. The fraction of sp³-hybridized carbons (Fsp3) is 0.667. The lowest BCUT2D eigenvalue weighted by molar-refractivity contribution is 0.644. The van der Waals surface area contributed by atoms with E-state index >= 15 is 0 Å². The molecule has 4 heteroatoms. The summed E-state index contributed by atoms with van der Waals surface area (Å²) in [6.07, 6.45) is 3.95. The first-order valence-corrected chi connectivity index (χ1v) is 8.22. The van der Waals surface area contributed by atoms with Gasteiger partial charge in [-0.2, -0.15) is 11.8 Å². The van der Waals surface area contributed by atoms with Crippen LogP contribution in [-0.4, -0.2) is 35.1 Å². The number of aromatic nitrogens is 1. The number of rotatable bonds is 4. The third-order valence-electron chi connectivity index (χ3n) is 3.67. The van der Waals surface area contributed by atoms with Crippen LogP contribution < -0.4 is 10.6 Å². The van der Waals surface area contributed by atoms with Crippen LogP contribution in [0.2, 0.25) is 0 Å². The van der Waals surface area contributed by atoms with E-state index in [9.17, 15) is 0 Å². The summed E-state index contributed by atoms with van der Waals surface area (Å²) in [5.74, 6) is 2.35. The van der Waals surface area contributed by atoms with Crippen molar-refractivity contribution in [3.63, 3.8) is 0 Å². The molecular weight excluding hydrogens is 254 g/mol. The third kappa shape index (κ3) is 3.86. The van der Waals surface area contributed by atoms with Crippen LogP contribution in [0.4, 0.5) is 5.82 Å². The second-order valence-electron chi connectivity index (χ2n) is 5.48. The molecule has 1 aromatic heterocycles. The zero-order valence-electron chi connectivity index (χ0n) is 12.2. The molecule has 2 atom stereocenters. The van der Waals surface area contributed by atoms with Gasteiger partial charge in [-0.05, 0) is 30.9 Å². The third-order valence-corrected chi connectivity index (χ3v) is 4.81. The first kappa shape index (κ1) is 14.7. The molecule has 1 fully saturated rings. The average molecular weight is 279 g/mol. The topological polar surface area (TPSA) is 42.1 Å². The summed E-state index contributed by atoms with van der Waals surface area (Å²) in [5.41, 5.74) is 8.55. The van der Waals surface area contributed by atoms with Crippen LogP contribution in [0, 0.1) is 6.92 Å². The molecule has 106 valence electrons. The van der Waals surface area contributed by atoms with Gasteiger partial charge >= 0.3 is 0 Å². The molecular formula is C15H25N3S. The van der Waals surface area contributed by atoms with Crippen molar-refractivity contribution in [1.29, 1.82) is 0 Å². The van der Waals surface area contributed by atoms with Gasteiger partial charge < -0.3 is 10.6 Å². The zero-order chi connectivity index (χ0) is 13.8. The molecule has 0 radical (unpaired) electrons. The van der Waals surface area contributed by atoms with Gasteiger partial charge in [0.25, 0.3) is 0 Å². The Hall–Kier alpha value is -0.740. The Bertz CT molecular complexity index is 422. The molecule has 2 rings (SSSR count). The Labute approximate surface area is 121 Å². The number of anilines is 1. The summed E-state index contributed by atoms with van der Waals surface area (Å²) in [6.45, 7) is 8.80. The Balaban J connectivity index is 2.10. The van der Waals surface area contributed by atoms with Crippen molar-refractivity contribution >= 4 is 17.6 Å². The van der Waals surface area contributed by atoms with Gasteiger partial charge in [-0.25, -0.2) is 4.98 Å². The smallest absolute Gasteiger partial charge is 0.131 e. The Morgan fingerprint density at radius 1 is 1.58 bits per heavy atom. The van der Waals surface area contributed by atoms with Crippen LogP contribution in [0.15, 0.2) is 12.3 Å². The van der Waals surface area contributed by atoms with Crippen LogP contribution >= 0.6 is 11.8 Å². The second kappa shape index (κ2) is 6.62. The van der Waals surface area contributed by atoms with Crippen LogP contribution in [0.3, 0.4) is 0 Å². The van der Waals surface area contributed by atoms with E-state index in [0.717, 1.165) is 31.7 Å². The quantitative estimate of drug-likeness (QED) is 0.920. The van der Waals surface area contributed by atoms with E-state index in [1.165, 1.54) is 16.9 Å². The normalized spacial score (nSPS) is 21.5. The predicted molar refractivity (Wildman–Crippen MR) is 85.1 cm³/mol. The molecule has 19 heavy (non-hydrogen) atoms. The molecule has 0 amide bonds. The highest BCUT2D eigenvalue weighted by Crippen LogP contribution is 2.25. The number of hydrogen-bond donors (Lipinski definition) is 1. The zero-order valence-corrected chi connectivity index (χ0v) is 13.0. The Kier molecular flexibility index (Phi) is 5.11. The maximum Gasteiger partial charge on any atom is 0.131 e. The highest BCUT2D eigenvalue weighted by atomic mass is 32.2. The van der Waals surface area contributed by atoms with E-state index in [1.807, 2.05) is 6.20 Å². The minimum atomic E-state index is 0.249. The Morgan fingerprint density at radius 3 is 3.00 bits per heavy atom. The molecule has 3 nitrogen and oxygen atoms in total. The standard InChI is InChI=1S/C15H25N3S/c1-4-14(16)8-13-7-11(2)15(17-9-13)18-5-6-19-12(3)10-18/h7,9,12,14H,4-6,8,10,16H2,1-3H3. The van der Waals surface area contributed by atoms with Gasteiger partial charge in [-0.1, -0.05) is 19.9 Å². The molecule has 0 aliphatic carbocycles. The van der Waals surface area contributed by atoms with Gasteiger partial charge in [0.2, 0.25) is 0 Å². The minimum Gasteiger partial charge on any atom is -0.354 e. The van der Waals surface area contributed by atoms with Crippen molar-refractivity contribution in [3.05, 3.63) is 23.4 Å². The molecule has 2 heterocycles. The van der Waals surface area contributed by atoms with E-state index in [-0.39, 0.29) is 6.04 Å². The maximum atomic E-state index is 6.01. The monoisotopic (exact) mass is 279 g/mol. The highest BCUT2D eigenvalue weighted by Gasteiger charge is 2.19. The molecule has 0 saturated carbocycles. The van der Waals surface area contributed by atoms with Gasteiger partial charge in [0.1, 0.15) is 5.82 Å². The first-order chi connectivity index (χ1) is 9.10. The molecule has 2 N–H and O–H groups in total. The summed E-state index contributed by atoms with van der Waals surface area (Å²) >= 11 is 2.05. The summed E-state index contributed by atoms with van der Waals surface area (Å²) < 4.78 is 0. The van der Waals surface area contributed by atoms with Crippen molar-refractivity contribution in [1.82, 2.24) is 4.98 Å². The minimum absolute atomic E-state index is 0.249. The Morgan fingerprint density at radius 2 is 2.37 bits per heavy atom. The van der Waals surface area contributed by atoms with Gasteiger partial charge in [0.05, 0.1) is 0 Å². The van der Waals surface area contributed by atoms with Crippen LogP contribution in [0.25, 0.3) is 0 Å². The van der Waals surface area contributed by atoms with Crippen molar-refractivity contribution in [2.45, 2.75) is 44.9 Å². The highest BCUT2D eigenvalue weighted by molar-refractivity contribution is 8.00. The lowest BCUT2D eigenvalue weighted by Crippen LogP contribution is -2.37. The van der Waals surface area contributed by atoms with E-state index < -0.39 is 0 Å². The maximum absolute atomic E-state index is 6.01. The van der Waals surface area contributed by atoms with E-state index in [4.69, 9.17) is 5.73 Å². The second-order valence-corrected chi connectivity index (χ2v) is 7.03. The summed E-state index contributed by atoms with van der Waals surface area (Å²) in [4.78, 5) is 7.10. The summed E-state index contributed by atoms with van der Waals surface area (Å²) in [6, 6.07) is 2.50. The molecule has 1 aromatic rings. The first-order valence-electron chi connectivity index (χ1n) is 7.17. The average Bonchev–Trinajstić information content (AvgIpc) is 2.38. The summed E-state index contributed by atoms with van der Waals surface area (Å²) in [5, 5.41) is 0.697. The largest absolute Gasteiger partial charge is 0.354 e. The fourth-order valence-corrected chi connectivity index (χ4v) is 3.54. The summed E-state index contributed by atoms with van der Waals surface area (Å²) in [7, 11) is 0. The van der Waals surface area contributed by atoms with Crippen molar-refractivity contribution in [2.75, 3.05) is 23.7 Å². The molecule has 2 unspecified atom stereocenters. The van der Waals surface area contributed by atoms with Crippen LogP contribution in [-0.2, 0) is 6.42 Å². The molecule has 0 spiro atoms. The number of nitrogens with zero attached hydrogens (tertiary/aromatic N) is 2. The van der Waals surface area contributed by atoms with Gasteiger partial charge in [-0.3, -0.25) is 0 Å². The van der Waals surface area contributed by atoms with Gasteiger partial charge in [0.15, 0.2) is 0 Å². The molecule has 1 aliphatic heterocycles. The number of nitrogens with two attached hydrogens (primary N) is 1. The number of aryl methyl sites for hydroxylation is 1. The molecule has 1 aliphatic rings. The van der Waals surface area contributed by atoms with Crippen LogP contribution in [0.1, 0.15) is 31.4 Å². The molecule has 1 saturated heterocycles. The fourth-order valence-electron chi connectivity index (χ4n) is 2.53. The van der Waals surface area contributed by atoms with Gasteiger partial charge in [-0.15, -0.1) is 0 Å². The van der Waals surface area contributed by atoms with Crippen molar-refractivity contribution < 1.29 is 0 Å².